The molecule has 1 N–H and O–H groups in total. The summed E-state index contributed by atoms with van der Waals surface area (Å²) in [5.74, 6) is 0. The molecule has 0 spiro atoms. The van der Waals surface area contributed by atoms with Crippen LogP contribution in [0.1, 0.15) is 50.4 Å². The van der Waals surface area contributed by atoms with Crippen molar-refractivity contribution in [2.24, 2.45) is 0 Å². The molecule has 0 aromatic heterocycles. The lowest BCUT2D eigenvalue weighted by Gasteiger charge is -2.19. The summed E-state index contributed by atoms with van der Waals surface area (Å²) in [6.07, 6.45) is 0. The topological polar surface area (TPSA) is 12.0 Å². The standard InChI is InChI=1S/C19H25N/c1-15(17-8-6-5-7-9-17)20-14-16-10-12-18(13-11-16)19(2,3)4/h5-13,15,20H,14H2,1-4H3/t15-/m0/s1. The van der Waals surface area contributed by atoms with Crippen LogP contribution in [-0.4, -0.2) is 0 Å². The van der Waals surface area contributed by atoms with E-state index >= 15 is 0 Å². The van der Waals surface area contributed by atoms with Gasteiger partial charge in [-0.2, -0.15) is 0 Å². The molecule has 0 bridgehead atoms. The number of benzene rings is 2. The Morgan fingerprint density at radius 1 is 0.900 bits per heavy atom. The molecule has 1 atom stereocenters. The highest BCUT2D eigenvalue weighted by Crippen LogP contribution is 2.22. The summed E-state index contributed by atoms with van der Waals surface area (Å²) >= 11 is 0. The van der Waals surface area contributed by atoms with Gasteiger partial charge in [0.1, 0.15) is 0 Å². The fourth-order valence-electron chi connectivity index (χ4n) is 2.25. The molecule has 0 fully saturated rings. The molecule has 0 aliphatic carbocycles. The van der Waals surface area contributed by atoms with Gasteiger partial charge in [0.05, 0.1) is 0 Å². The molecule has 0 amide bonds. The van der Waals surface area contributed by atoms with Crippen LogP contribution in [0.25, 0.3) is 0 Å². The third-order valence-electron chi connectivity index (χ3n) is 3.73. The molecular weight excluding hydrogens is 242 g/mol. The van der Waals surface area contributed by atoms with Crippen LogP contribution in [0.4, 0.5) is 0 Å². The Hall–Kier alpha value is -1.60. The molecule has 106 valence electrons. The van der Waals surface area contributed by atoms with Crippen LogP contribution in [0, 0.1) is 0 Å². The van der Waals surface area contributed by atoms with Crippen molar-refractivity contribution in [2.75, 3.05) is 0 Å². The van der Waals surface area contributed by atoms with Gasteiger partial charge in [-0.3, -0.25) is 0 Å². The van der Waals surface area contributed by atoms with Crippen molar-refractivity contribution in [2.45, 2.75) is 45.7 Å². The normalized spacial score (nSPS) is 13.2. The molecule has 2 aromatic carbocycles. The van der Waals surface area contributed by atoms with Gasteiger partial charge >= 0.3 is 0 Å². The number of hydrogen-bond donors (Lipinski definition) is 1. The van der Waals surface area contributed by atoms with E-state index in [-0.39, 0.29) is 5.41 Å². The SMILES string of the molecule is C[C@H](NCc1ccc(C(C)(C)C)cc1)c1ccccc1. The first-order chi connectivity index (χ1) is 9.47. The van der Waals surface area contributed by atoms with Crippen molar-refractivity contribution in [1.29, 1.82) is 0 Å². The minimum absolute atomic E-state index is 0.225. The smallest absolute Gasteiger partial charge is 0.0294 e. The summed E-state index contributed by atoms with van der Waals surface area (Å²) in [7, 11) is 0. The Balaban J connectivity index is 1.94. The Kier molecular flexibility index (Phi) is 4.61. The zero-order valence-electron chi connectivity index (χ0n) is 13.0. The van der Waals surface area contributed by atoms with Crippen LogP contribution in [0.2, 0.25) is 0 Å². The van der Waals surface area contributed by atoms with Gasteiger partial charge in [0.15, 0.2) is 0 Å². The maximum atomic E-state index is 3.57. The molecule has 0 aliphatic rings. The summed E-state index contributed by atoms with van der Waals surface area (Å²) in [5, 5.41) is 3.57. The maximum Gasteiger partial charge on any atom is 0.0294 e. The molecular formula is C19H25N. The molecule has 0 saturated heterocycles. The molecule has 0 radical (unpaired) electrons. The van der Waals surface area contributed by atoms with E-state index in [0.29, 0.717) is 6.04 Å². The van der Waals surface area contributed by atoms with Crippen molar-refractivity contribution in [3.8, 4) is 0 Å². The average molecular weight is 267 g/mol. The molecule has 0 saturated carbocycles. The van der Waals surface area contributed by atoms with Crippen molar-refractivity contribution >= 4 is 0 Å². The highest BCUT2D eigenvalue weighted by Gasteiger charge is 2.12. The Labute approximate surface area is 123 Å². The van der Waals surface area contributed by atoms with Gasteiger partial charge in [-0.1, -0.05) is 75.4 Å². The van der Waals surface area contributed by atoms with Gasteiger partial charge in [0, 0.05) is 12.6 Å². The number of rotatable bonds is 4. The molecule has 2 rings (SSSR count). The first-order valence-corrected chi connectivity index (χ1v) is 7.34. The zero-order chi connectivity index (χ0) is 14.6. The third kappa shape index (κ3) is 3.94. The van der Waals surface area contributed by atoms with Crippen molar-refractivity contribution in [3.05, 3.63) is 71.3 Å². The predicted molar refractivity (Wildman–Crippen MR) is 86.8 cm³/mol. The van der Waals surface area contributed by atoms with Crippen LogP contribution < -0.4 is 5.32 Å². The third-order valence-corrected chi connectivity index (χ3v) is 3.73. The Bertz CT molecular complexity index is 520. The summed E-state index contributed by atoms with van der Waals surface area (Å²) in [6, 6.07) is 19.9. The molecule has 1 nitrogen and oxygen atoms in total. The summed E-state index contributed by atoms with van der Waals surface area (Å²) < 4.78 is 0. The van der Waals surface area contributed by atoms with Crippen LogP contribution in [0.5, 0.6) is 0 Å². The molecule has 2 aromatic rings. The van der Waals surface area contributed by atoms with Gasteiger partial charge < -0.3 is 5.32 Å². The Morgan fingerprint density at radius 3 is 2.05 bits per heavy atom. The van der Waals surface area contributed by atoms with E-state index in [2.05, 4.69) is 87.6 Å². The van der Waals surface area contributed by atoms with Crippen molar-refractivity contribution in [3.63, 3.8) is 0 Å². The van der Waals surface area contributed by atoms with E-state index in [1.54, 1.807) is 0 Å². The van der Waals surface area contributed by atoms with Crippen LogP contribution >= 0.6 is 0 Å². The van der Waals surface area contributed by atoms with E-state index in [1.807, 2.05) is 0 Å². The van der Waals surface area contributed by atoms with Gasteiger partial charge in [0.25, 0.3) is 0 Å². The van der Waals surface area contributed by atoms with E-state index in [0.717, 1.165) is 6.54 Å². The fraction of sp³-hybridized carbons (Fsp3) is 0.368. The minimum atomic E-state index is 0.225. The van der Waals surface area contributed by atoms with Gasteiger partial charge in [-0.05, 0) is 29.0 Å². The second-order valence-corrected chi connectivity index (χ2v) is 6.46. The fourth-order valence-corrected chi connectivity index (χ4v) is 2.25. The van der Waals surface area contributed by atoms with Crippen LogP contribution in [-0.2, 0) is 12.0 Å². The van der Waals surface area contributed by atoms with Crippen molar-refractivity contribution in [1.82, 2.24) is 5.32 Å². The van der Waals surface area contributed by atoms with E-state index in [1.165, 1.54) is 16.7 Å². The molecule has 0 aliphatic heterocycles. The highest BCUT2D eigenvalue weighted by atomic mass is 14.9. The second kappa shape index (κ2) is 6.23. The monoisotopic (exact) mass is 267 g/mol. The second-order valence-electron chi connectivity index (χ2n) is 6.46. The predicted octanol–water partition coefficient (Wildman–Crippen LogP) is 4.83. The average Bonchev–Trinajstić information content (AvgIpc) is 2.45. The van der Waals surface area contributed by atoms with E-state index < -0.39 is 0 Å². The molecule has 20 heavy (non-hydrogen) atoms. The summed E-state index contributed by atoms with van der Waals surface area (Å²) in [4.78, 5) is 0. The van der Waals surface area contributed by atoms with Gasteiger partial charge in [0.2, 0.25) is 0 Å². The van der Waals surface area contributed by atoms with Crippen LogP contribution in [0.3, 0.4) is 0 Å². The quantitative estimate of drug-likeness (QED) is 0.836. The first-order valence-electron chi connectivity index (χ1n) is 7.34. The lowest BCUT2D eigenvalue weighted by Crippen LogP contribution is -2.18. The number of hydrogen-bond acceptors (Lipinski definition) is 1. The Morgan fingerprint density at radius 2 is 1.50 bits per heavy atom. The van der Waals surface area contributed by atoms with E-state index in [9.17, 15) is 0 Å². The van der Waals surface area contributed by atoms with Crippen LogP contribution in [0.15, 0.2) is 54.6 Å². The van der Waals surface area contributed by atoms with Gasteiger partial charge in [-0.15, -0.1) is 0 Å². The molecule has 1 heteroatoms. The van der Waals surface area contributed by atoms with E-state index in [4.69, 9.17) is 0 Å². The minimum Gasteiger partial charge on any atom is -0.306 e. The summed E-state index contributed by atoms with van der Waals surface area (Å²) in [6.45, 7) is 9.85. The lowest BCUT2D eigenvalue weighted by atomic mass is 9.87. The first kappa shape index (κ1) is 14.8. The van der Waals surface area contributed by atoms with Crippen molar-refractivity contribution < 1.29 is 0 Å². The largest absolute Gasteiger partial charge is 0.306 e. The van der Waals surface area contributed by atoms with Gasteiger partial charge in [-0.25, -0.2) is 0 Å². The zero-order valence-corrected chi connectivity index (χ0v) is 13.0. The molecule has 0 unspecified atom stereocenters. The molecule has 0 heterocycles. The lowest BCUT2D eigenvalue weighted by molar-refractivity contribution is 0.572. The number of nitrogens with one attached hydrogen (secondary N) is 1. The summed E-state index contributed by atoms with van der Waals surface area (Å²) in [5.41, 5.74) is 4.28. The highest BCUT2D eigenvalue weighted by molar-refractivity contribution is 5.27. The maximum absolute atomic E-state index is 3.57.